The average Bonchev–Trinajstić information content (AvgIpc) is 2.97. The predicted octanol–water partition coefficient (Wildman–Crippen LogP) is 4.96. The SMILES string of the molecule is CCOC(=O)CSCCOc1cccc(-c2c(N)sc(SC)c2CC)c1. The van der Waals surface area contributed by atoms with E-state index in [1.807, 2.05) is 25.1 Å². The second-order valence-corrected chi connectivity index (χ2v) is 8.63. The molecular formula is C19H25NO3S3. The number of hydrogen-bond donors (Lipinski definition) is 1. The number of anilines is 1. The molecule has 2 aromatic rings. The van der Waals surface area contributed by atoms with E-state index in [1.165, 1.54) is 21.5 Å². The van der Waals surface area contributed by atoms with Gasteiger partial charge in [-0.3, -0.25) is 4.79 Å². The topological polar surface area (TPSA) is 61.5 Å². The van der Waals surface area contributed by atoms with E-state index in [0.717, 1.165) is 34.1 Å². The van der Waals surface area contributed by atoms with Gasteiger partial charge in [-0.2, -0.15) is 0 Å². The van der Waals surface area contributed by atoms with Crippen molar-refractivity contribution in [2.45, 2.75) is 24.5 Å². The van der Waals surface area contributed by atoms with Crippen LogP contribution >= 0.6 is 34.9 Å². The van der Waals surface area contributed by atoms with Crippen LogP contribution < -0.4 is 10.5 Å². The number of thioether (sulfide) groups is 2. The Morgan fingerprint density at radius 2 is 2.12 bits per heavy atom. The lowest BCUT2D eigenvalue weighted by molar-refractivity contribution is -0.139. The van der Waals surface area contributed by atoms with Crippen LogP contribution in [0.3, 0.4) is 0 Å². The zero-order valence-electron chi connectivity index (χ0n) is 15.4. The van der Waals surface area contributed by atoms with Crippen LogP contribution in [0.4, 0.5) is 5.00 Å². The number of carbonyl (C=O) groups is 1. The first-order chi connectivity index (χ1) is 12.6. The molecule has 0 bridgehead atoms. The third-order valence-corrected chi connectivity index (χ3v) is 6.80. The fourth-order valence-corrected chi connectivity index (χ4v) is 5.19. The first kappa shape index (κ1) is 21.0. The van der Waals surface area contributed by atoms with Crippen LogP contribution in [0.2, 0.25) is 0 Å². The van der Waals surface area contributed by atoms with Crippen molar-refractivity contribution in [2.24, 2.45) is 0 Å². The van der Waals surface area contributed by atoms with Crippen molar-refractivity contribution in [3.05, 3.63) is 29.8 Å². The van der Waals surface area contributed by atoms with E-state index >= 15 is 0 Å². The predicted molar refractivity (Wildman–Crippen MR) is 115 cm³/mol. The molecule has 1 heterocycles. The van der Waals surface area contributed by atoms with Gasteiger partial charge >= 0.3 is 5.97 Å². The Kier molecular flexibility index (Phi) is 8.68. The Hall–Kier alpha value is -1.31. The highest BCUT2D eigenvalue weighted by Crippen LogP contribution is 2.43. The largest absolute Gasteiger partial charge is 0.493 e. The van der Waals surface area contributed by atoms with Crippen LogP contribution in [0.1, 0.15) is 19.4 Å². The monoisotopic (exact) mass is 411 g/mol. The molecule has 4 nitrogen and oxygen atoms in total. The van der Waals surface area contributed by atoms with Gasteiger partial charge in [-0.05, 0) is 42.9 Å². The molecule has 26 heavy (non-hydrogen) atoms. The number of ether oxygens (including phenoxy) is 2. The Bertz CT molecular complexity index is 731. The van der Waals surface area contributed by atoms with Gasteiger partial charge in [-0.25, -0.2) is 0 Å². The molecule has 0 aliphatic carbocycles. The van der Waals surface area contributed by atoms with Crippen molar-refractivity contribution in [2.75, 3.05) is 36.7 Å². The number of nitrogen functional groups attached to an aromatic ring is 1. The molecule has 0 aliphatic heterocycles. The van der Waals surface area contributed by atoms with Crippen LogP contribution in [0.25, 0.3) is 11.1 Å². The van der Waals surface area contributed by atoms with Crippen molar-refractivity contribution in [1.29, 1.82) is 0 Å². The normalized spacial score (nSPS) is 10.7. The summed E-state index contributed by atoms with van der Waals surface area (Å²) in [5, 5.41) is 0.855. The van der Waals surface area contributed by atoms with Crippen molar-refractivity contribution in [3.63, 3.8) is 0 Å². The van der Waals surface area contributed by atoms with Crippen molar-refractivity contribution >= 4 is 45.8 Å². The molecule has 1 aromatic carbocycles. The van der Waals surface area contributed by atoms with Gasteiger partial charge in [-0.1, -0.05) is 19.1 Å². The van der Waals surface area contributed by atoms with Crippen LogP contribution in [-0.4, -0.2) is 36.9 Å². The smallest absolute Gasteiger partial charge is 0.315 e. The summed E-state index contributed by atoms with van der Waals surface area (Å²) in [6.07, 6.45) is 3.04. The third-order valence-electron chi connectivity index (χ3n) is 3.68. The second-order valence-electron chi connectivity index (χ2n) is 5.40. The van der Waals surface area contributed by atoms with Gasteiger partial charge in [0.15, 0.2) is 0 Å². The molecule has 0 atom stereocenters. The Morgan fingerprint density at radius 3 is 2.81 bits per heavy atom. The molecule has 0 fully saturated rings. The minimum Gasteiger partial charge on any atom is -0.493 e. The van der Waals surface area contributed by atoms with E-state index in [-0.39, 0.29) is 5.97 Å². The number of carbonyl (C=O) groups excluding carboxylic acids is 1. The number of thiophene rings is 1. The fraction of sp³-hybridized carbons (Fsp3) is 0.421. The second kappa shape index (κ2) is 10.7. The van der Waals surface area contributed by atoms with E-state index in [9.17, 15) is 4.79 Å². The molecule has 0 saturated heterocycles. The summed E-state index contributed by atoms with van der Waals surface area (Å²) >= 11 is 4.91. The van der Waals surface area contributed by atoms with Gasteiger partial charge in [0.05, 0.1) is 28.2 Å². The zero-order chi connectivity index (χ0) is 18.9. The molecule has 0 unspecified atom stereocenters. The highest BCUT2D eigenvalue weighted by atomic mass is 32.2. The minimum atomic E-state index is -0.177. The minimum absolute atomic E-state index is 0.177. The molecule has 0 spiro atoms. The van der Waals surface area contributed by atoms with E-state index < -0.39 is 0 Å². The highest BCUT2D eigenvalue weighted by molar-refractivity contribution is 8.00. The van der Waals surface area contributed by atoms with Gasteiger partial charge in [0.2, 0.25) is 0 Å². The molecule has 0 radical (unpaired) electrons. The summed E-state index contributed by atoms with van der Waals surface area (Å²) in [5.41, 5.74) is 9.81. The zero-order valence-corrected chi connectivity index (χ0v) is 17.8. The maximum absolute atomic E-state index is 11.3. The van der Waals surface area contributed by atoms with Gasteiger partial charge in [-0.15, -0.1) is 34.9 Å². The number of hydrogen-bond acceptors (Lipinski definition) is 7. The van der Waals surface area contributed by atoms with E-state index in [1.54, 1.807) is 23.1 Å². The molecule has 142 valence electrons. The molecule has 1 aromatic heterocycles. The Morgan fingerprint density at radius 1 is 1.31 bits per heavy atom. The van der Waals surface area contributed by atoms with Gasteiger partial charge in [0, 0.05) is 11.3 Å². The number of nitrogens with two attached hydrogens (primary N) is 1. The molecule has 0 amide bonds. The molecule has 0 aliphatic rings. The molecule has 0 saturated carbocycles. The molecular weight excluding hydrogens is 386 g/mol. The van der Waals surface area contributed by atoms with Crippen LogP contribution in [0.5, 0.6) is 5.75 Å². The van der Waals surface area contributed by atoms with Crippen LogP contribution in [-0.2, 0) is 16.0 Å². The first-order valence-corrected chi connectivity index (χ1v) is 11.7. The van der Waals surface area contributed by atoms with Crippen molar-refractivity contribution in [1.82, 2.24) is 0 Å². The summed E-state index contributed by atoms with van der Waals surface area (Å²) in [6, 6.07) is 8.05. The van der Waals surface area contributed by atoms with Crippen molar-refractivity contribution < 1.29 is 14.3 Å². The van der Waals surface area contributed by atoms with Gasteiger partial charge in [0.1, 0.15) is 5.75 Å². The number of rotatable bonds is 10. The van der Waals surface area contributed by atoms with E-state index in [0.29, 0.717) is 19.0 Å². The lowest BCUT2D eigenvalue weighted by Gasteiger charge is -2.10. The summed E-state index contributed by atoms with van der Waals surface area (Å²) < 4.78 is 12.0. The summed E-state index contributed by atoms with van der Waals surface area (Å²) in [4.78, 5) is 11.3. The van der Waals surface area contributed by atoms with E-state index in [4.69, 9.17) is 15.2 Å². The molecule has 2 N–H and O–H groups in total. The molecule has 2 rings (SSSR count). The average molecular weight is 412 g/mol. The molecule has 7 heteroatoms. The first-order valence-electron chi connectivity index (χ1n) is 8.52. The Balaban J connectivity index is 1.98. The number of esters is 1. The maximum atomic E-state index is 11.3. The lowest BCUT2D eigenvalue weighted by atomic mass is 10.0. The summed E-state index contributed by atoms with van der Waals surface area (Å²) in [5.74, 6) is 1.74. The van der Waals surface area contributed by atoms with Gasteiger partial charge in [0.25, 0.3) is 0 Å². The van der Waals surface area contributed by atoms with Crippen molar-refractivity contribution in [3.8, 4) is 16.9 Å². The standard InChI is InChI=1S/C19H25NO3S3/c1-4-15-17(18(20)26-19(15)24-3)13-7-6-8-14(11-13)23-9-10-25-12-16(21)22-5-2/h6-8,11H,4-5,9-10,12,20H2,1-3H3. The summed E-state index contributed by atoms with van der Waals surface area (Å²) in [6.45, 7) is 4.94. The summed E-state index contributed by atoms with van der Waals surface area (Å²) in [7, 11) is 0. The lowest BCUT2D eigenvalue weighted by Crippen LogP contribution is -2.09. The van der Waals surface area contributed by atoms with E-state index in [2.05, 4.69) is 19.2 Å². The van der Waals surface area contributed by atoms with Crippen LogP contribution in [0, 0.1) is 0 Å². The fourth-order valence-electron chi connectivity index (χ4n) is 2.58. The quantitative estimate of drug-likeness (QED) is 0.339. The highest BCUT2D eigenvalue weighted by Gasteiger charge is 2.16. The van der Waals surface area contributed by atoms with Crippen LogP contribution in [0.15, 0.2) is 28.5 Å². The third kappa shape index (κ3) is 5.59. The Labute approximate surface area is 167 Å². The number of benzene rings is 1. The van der Waals surface area contributed by atoms with Gasteiger partial charge < -0.3 is 15.2 Å². The maximum Gasteiger partial charge on any atom is 0.315 e.